The predicted molar refractivity (Wildman–Crippen MR) is 53.8 cm³/mol. The Labute approximate surface area is 87.1 Å². The lowest BCUT2D eigenvalue weighted by Crippen LogP contribution is -2.22. The number of carboxylic acids is 1. The Kier molecular flexibility index (Phi) is 3.60. The number of ketones is 1. The summed E-state index contributed by atoms with van der Waals surface area (Å²) in [6.07, 6.45) is 2.32. The highest BCUT2D eigenvalue weighted by Crippen LogP contribution is 2.19. The van der Waals surface area contributed by atoms with E-state index in [4.69, 9.17) is 5.11 Å². The molecule has 1 rings (SSSR count). The molecule has 0 amide bonds. The van der Waals surface area contributed by atoms with Crippen molar-refractivity contribution in [3.8, 4) is 0 Å². The Hall–Kier alpha value is -1.65. The van der Waals surface area contributed by atoms with Gasteiger partial charge in [0.15, 0.2) is 5.76 Å². The molecule has 1 atom stereocenters. The molecule has 1 heterocycles. The number of aliphatic hydroxyl groups excluding tert-OH is 1. The average molecular weight is 211 g/mol. The number of carbonyl (C=O) groups excluding carboxylic acids is 1. The molecule has 5 nitrogen and oxygen atoms in total. The van der Waals surface area contributed by atoms with Crippen molar-refractivity contribution in [2.24, 2.45) is 10.9 Å². The number of carboxylic acid groups (broad SMARTS) is 1. The molecule has 1 aliphatic rings. The van der Waals surface area contributed by atoms with Gasteiger partial charge in [-0.1, -0.05) is 0 Å². The molecule has 0 aromatic carbocycles. The molecule has 82 valence electrons. The molecule has 0 saturated carbocycles. The molecule has 2 N–H and O–H groups in total. The number of allylic oxidation sites excluding steroid dienone is 2. The van der Waals surface area contributed by atoms with Crippen LogP contribution in [0.25, 0.3) is 0 Å². The second-order valence-electron chi connectivity index (χ2n) is 3.47. The van der Waals surface area contributed by atoms with Crippen molar-refractivity contribution in [1.82, 2.24) is 0 Å². The SMILES string of the molecule is CC1=C(O)C(=O)C(CCCC(=O)O)C=N1. The van der Waals surface area contributed by atoms with Crippen molar-refractivity contribution in [3.05, 3.63) is 11.5 Å². The maximum Gasteiger partial charge on any atom is 0.303 e. The van der Waals surface area contributed by atoms with Gasteiger partial charge in [0.25, 0.3) is 0 Å². The number of Topliss-reactive ketones (excluding diaryl/α,β-unsaturated/α-hetero) is 1. The maximum atomic E-state index is 11.5. The molecule has 0 saturated heterocycles. The van der Waals surface area contributed by atoms with E-state index in [-0.39, 0.29) is 18.0 Å². The van der Waals surface area contributed by atoms with Crippen LogP contribution in [0.4, 0.5) is 0 Å². The first-order valence-electron chi connectivity index (χ1n) is 4.72. The van der Waals surface area contributed by atoms with E-state index in [2.05, 4.69) is 4.99 Å². The first-order valence-corrected chi connectivity index (χ1v) is 4.72. The third kappa shape index (κ3) is 2.90. The van der Waals surface area contributed by atoms with E-state index < -0.39 is 11.9 Å². The van der Waals surface area contributed by atoms with E-state index in [1.54, 1.807) is 6.92 Å². The van der Waals surface area contributed by atoms with Crippen LogP contribution in [0.3, 0.4) is 0 Å². The first kappa shape index (κ1) is 11.4. The van der Waals surface area contributed by atoms with E-state index >= 15 is 0 Å². The van der Waals surface area contributed by atoms with Crippen LogP contribution < -0.4 is 0 Å². The monoisotopic (exact) mass is 211 g/mol. The Balaban J connectivity index is 2.50. The molecular formula is C10H13NO4. The zero-order valence-corrected chi connectivity index (χ0v) is 8.43. The summed E-state index contributed by atoms with van der Waals surface area (Å²) in [6, 6.07) is 0. The van der Waals surface area contributed by atoms with Crippen molar-refractivity contribution in [2.45, 2.75) is 26.2 Å². The minimum Gasteiger partial charge on any atom is -0.503 e. The third-order valence-electron chi connectivity index (χ3n) is 2.27. The molecular weight excluding hydrogens is 198 g/mol. The Morgan fingerprint density at radius 2 is 2.27 bits per heavy atom. The highest BCUT2D eigenvalue weighted by atomic mass is 16.4. The van der Waals surface area contributed by atoms with Gasteiger partial charge in [0.1, 0.15) is 0 Å². The van der Waals surface area contributed by atoms with Crippen molar-refractivity contribution >= 4 is 18.0 Å². The van der Waals surface area contributed by atoms with Crippen LogP contribution in [-0.2, 0) is 9.59 Å². The summed E-state index contributed by atoms with van der Waals surface area (Å²) in [6.45, 7) is 1.55. The second kappa shape index (κ2) is 4.72. The predicted octanol–water partition coefficient (Wildman–Crippen LogP) is 1.30. The van der Waals surface area contributed by atoms with Gasteiger partial charge in [-0.3, -0.25) is 14.6 Å². The number of rotatable bonds is 4. The Morgan fingerprint density at radius 1 is 1.60 bits per heavy atom. The van der Waals surface area contributed by atoms with Gasteiger partial charge in [-0.2, -0.15) is 0 Å². The topological polar surface area (TPSA) is 87.0 Å². The fourth-order valence-electron chi connectivity index (χ4n) is 1.36. The smallest absolute Gasteiger partial charge is 0.303 e. The first-order chi connectivity index (χ1) is 7.02. The molecule has 5 heteroatoms. The van der Waals surface area contributed by atoms with Crippen LogP contribution in [0.1, 0.15) is 26.2 Å². The highest BCUT2D eigenvalue weighted by molar-refractivity contribution is 6.06. The largest absolute Gasteiger partial charge is 0.503 e. The Bertz CT molecular complexity index is 343. The fourth-order valence-corrected chi connectivity index (χ4v) is 1.36. The molecule has 0 aliphatic carbocycles. The second-order valence-corrected chi connectivity index (χ2v) is 3.47. The molecule has 1 unspecified atom stereocenters. The lowest BCUT2D eigenvalue weighted by Gasteiger charge is -2.14. The van der Waals surface area contributed by atoms with Gasteiger partial charge in [0, 0.05) is 12.6 Å². The van der Waals surface area contributed by atoms with Gasteiger partial charge in [-0.15, -0.1) is 0 Å². The fraction of sp³-hybridized carbons (Fsp3) is 0.500. The summed E-state index contributed by atoms with van der Waals surface area (Å²) >= 11 is 0. The third-order valence-corrected chi connectivity index (χ3v) is 2.27. The van der Waals surface area contributed by atoms with Crippen molar-refractivity contribution in [1.29, 1.82) is 0 Å². The van der Waals surface area contributed by atoms with Gasteiger partial charge < -0.3 is 10.2 Å². The lowest BCUT2D eigenvalue weighted by molar-refractivity contribution is -0.137. The zero-order chi connectivity index (χ0) is 11.4. The Morgan fingerprint density at radius 3 is 2.87 bits per heavy atom. The standard InChI is InChI=1S/C10H13NO4/c1-6-9(14)10(15)7(5-11-6)3-2-4-8(12)13/h5,7,14H,2-4H2,1H3,(H,12,13). The summed E-state index contributed by atoms with van der Waals surface area (Å²) in [7, 11) is 0. The van der Waals surface area contributed by atoms with E-state index in [9.17, 15) is 14.7 Å². The van der Waals surface area contributed by atoms with Crippen molar-refractivity contribution < 1.29 is 19.8 Å². The summed E-state index contributed by atoms with van der Waals surface area (Å²) in [4.78, 5) is 25.6. The van der Waals surface area contributed by atoms with Gasteiger partial charge in [-0.05, 0) is 19.8 Å². The quantitative estimate of drug-likeness (QED) is 0.733. The van der Waals surface area contributed by atoms with Crippen LogP contribution in [-0.4, -0.2) is 28.2 Å². The highest BCUT2D eigenvalue weighted by Gasteiger charge is 2.25. The van der Waals surface area contributed by atoms with Gasteiger partial charge >= 0.3 is 5.97 Å². The average Bonchev–Trinajstić information content (AvgIpc) is 2.18. The summed E-state index contributed by atoms with van der Waals surface area (Å²) in [5, 5.41) is 17.8. The molecule has 0 fully saturated rings. The van der Waals surface area contributed by atoms with Crippen LogP contribution in [0.5, 0.6) is 0 Å². The van der Waals surface area contributed by atoms with E-state index in [0.717, 1.165) is 0 Å². The van der Waals surface area contributed by atoms with Crippen LogP contribution in [0, 0.1) is 5.92 Å². The van der Waals surface area contributed by atoms with Crippen LogP contribution in [0.15, 0.2) is 16.4 Å². The summed E-state index contributed by atoms with van der Waals surface area (Å²) in [5.41, 5.74) is 0.314. The number of hydrogen-bond donors (Lipinski definition) is 2. The number of hydrogen-bond acceptors (Lipinski definition) is 4. The minimum absolute atomic E-state index is 0.0288. The zero-order valence-electron chi connectivity index (χ0n) is 8.43. The number of aliphatic imine (C=N–C) groups is 1. The van der Waals surface area contributed by atoms with E-state index in [1.807, 2.05) is 0 Å². The summed E-state index contributed by atoms with van der Waals surface area (Å²) in [5.74, 6) is -2.04. The van der Waals surface area contributed by atoms with Crippen molar-refractivity contribution in [3.63, 3.8) is 0 Å². The van der Waals surface area contributed by atoms with Crippen LogP contribution >= 0.6 is 0 Å². The van der Waals surface area contributed by atoms with Crippen LogP contribution in [0.2, 0.25) is 0 Å². The molecule has 0 spiro atoms. The number of aliphatic carboxylic acids is 1. The minimum atomic E-state index is -0.883. The molecule has 15 heavy (non-hydrogen) atoms. The van der Waals surface area contributed by atoms with Crippen molar-refractivity contribution in [2.75, 3.05) is 0 Å². The molecule has 1 aliphatic heterocycles. The van der Waals surface area contributed by atoms with Gasteiger partial charge in [-0.25, -0.2) is 0 Å². The van der Waals surface area contributed by atoms with Gasteiger partial charge in [0.05, 0.1) is 11.6 Å². The molecule has 0 radical (unpaired) electrons. The van der Waals surface area contributed by atoms with E-state index in [0.29, 0.717) is 18.5 Å². The van der Waals surface area contributed by atoms with E-state index in [1.165, 1.54) is 6.21 Å². The number of nitrogens with zero attached hydrogens (tertiary/aromatic N) is 1. The van der Waals surface area contributed by atoms with Gasteiger partial charge in [0.2, 0.25) is 5.78 Å². The number of aliphatic hydroxyl groups is 1. The normalized spacial score (nSPS) is 20.9. The number of carbonyl (C=O) groups is 2. The molecule has 0 aromatic heterocycles. The maximum absolute atomic E-state index is 11.5. The molecule has 0 aromatic rings. The summed E-state index contributed by atoms with van der Waals surface area (Å²) < 4.78 is 0. The molecule has 0 bridgehead atoms. The lowest BCUT2D eigenvalue weighted by atomic mass is 9.95.